The predicted octanol–water partition coefficient (Wildman–Crippen LogP) is 2.98. The summed E-state index contributed by atoms with van der Waals surface area (Å²) in [7, 11) is 0. The molecule has 3 aliphatic heterocycles. The van der Waals surface area contributed by atoms with Gasteiger partial charge in [-0.25, -0.2) is 0 Å². The third-order valence-electron chi connectivity index (χ3n) is 6.70. The van der Waals surface area contributed by atoms with Crippen LogP contribution >= 0.6 is 0 Å². The van der Waals surface area contributed by atoms with Crippen LogP contribution in [-0.2, 0) is 20.8 Å². The number of benzene rings is 2. The first-order valence-electron chi connectivity index (χ1n) is 12.6. The minimum atomic E-state index is -0.767. The van der Waals surface area contributed by atoms with E-state index < -0.39 is 23.8 Å². The van der Waals surface area contributed by atoms with Crippen molar-refractivity contribution in [3.63, 3.8) is 0 Å². The highest BCUT2D eigenvalue weighted by Crippen LogP contribution is 2.25. The third kappa shape index (κ3) is 6.59. The molecule has 0 radical (unpaired) electrons. The van der Waals surface area contributed by atoms with Crippen molar-refractivity contribution in [1.82, 2.24) is 9.80 Å². The molecule has 3 amide bonds. The molecular weight excluding hydrogens is 484 g/mol. The van der Waals surface area contributed by atoms with Crippen LogP contribution in [0.2, 0.25) is 0 Å². The van der Waals surface area contributed by atoms with Crippen molar-refractivity contribution in [2.45, 2.75) is 38.1 Å². The highest BCUT2D eigenvalue weighted by atomic mass is 16.2. The molecule has 5 rings (SSSR count). The van der Waals surface area contributed by atoms with E-state index in [1.54, 1.807) is 24.3 Å². The van der Waals surface area contributed by atoms with Gasteiger partial charge in [0.25, 0.3) is 11.7 Å². The number of amides is 3. The van der Waals surface area contributed by atoms with Crippen LogP contribution in [-0.4, -0.2) is 59.0 Å². The van der Waals surface area contributed by atoms with Crippen LogP contribution in [0.25, 0.3) is 0 Å². The molecule has 196 valence electrons. The van der Waals surface area contributed by atoms with Crippen LogP contribution in [0.15, 0.2) is 69.9 Å². The summed E-state index contributed by atoms with van der Waals surface area (Å²) in [5.41, 5.74) is 2.34. The standard InChI is InChI=1S/C27H30N8O3/c28-16-23-15-20-17-35(23)24(36)18-34(27(38)25(31-29)33-32-22-8-4-1-5-9-22)14-6-2-3-7-19-10-12-21(13-11-19)30-26(20)37/h1,4-5,8-13,20,23H,2-3,6-7,14-15,17-18,29H2,(H,30,37)/b31-25-,33-32?. The number of nitrogens with one attached hydrogen (secondary N) is 1. The maximum Gasteiger partial charge on any atom is 0.295 e. The van der Waals surface area contributed by atoms with Gasteiger partial charge in [0.1, 0.15) is 12.6 Å². The lowest BCUT2D eigenvalue weighted by atomic mass is 10.0. The van der Waals surface area contributed by atoms with E-state index in [9.17, 15) is 19.6 Å². The van der Waals surface area contributed by atoms with Crippen LogP contribution < -0.4 is 11.2 Å². The number of carbonyl (C=O) groups is 3. The van der Waals surface area contributed by atoms with Gasteiger partial charge in [0.15, 0.2) is 0 Å². The summed E-state index contributed by atoms with van der Waals surface area (Å²) in [5, 5.41) is 24.0. The Morgan fingerprint density at radius 2 is 1.82 bits per heavy atom. The van der Waals surface area contributed by atoms with E-state index in [1.807, 2.05) is 30.3 Å². The molecule has 2 unspecified atom stereocenters. The maximum atomic E-state index is 13.3. The van der Waals surface area contributed by atoms with Gasteiger partial charge in [-0.05, 0) is 55.5 Å². The fourth-order valence-electron chi connectivity index (χ4n) is 4.60. The van der Waals surface area contributed by atoms with Crippen molar-refractivity contribution in [3.8, 4) is 6.07 Å². The summed E-state index contributed by atoms with van der Waals surface area (Å²) in [4.78, 5) is 42.3. The molecule has 0 aliphatic carbocycles. The highest BCUT2D eigenvalue weighted by Gasteiger charge is 2.39. The van der Waals surface area contributed by atoms with E-state index in [2.05, 4.69) is 26.7 Å². The van der Waals surface area contributed by atoms with Gasteiger partial charge in [0, 0.05) is 18.8 Å². The van der Waals surface area contributed by atoms with Gasteiger partial charge in [0.2, 0.25) is 11.8 Å². The van der Waals surface area contributed by atoms with Crippen molar-refractivity contribution in [2.75, 3.05) is 25.0 Å². The van der Waals surface area contributed by atoms with Crippen LogP contribution in [0.3, 0.4) is 0 Å². The number of hydrogen-bond donors (Lipinski definition) is 2. The molecule has 11 heteroatoms. The Labute approximate surface area is 221 Å². The minimum Gasteiger partial charge on any atom is -0.326 e. The van der Waals surface area contributed by atoms with Crippen molar-refractivity contribution in [1.29, 1.82) is 5.26 Å². The summed E-state index contributed by atoms with van der Waals surface area (Å²) < 4.78 is 0. The molecule has 1 fully saturated rings. The van der Waals surface area contributed by atoms with E-state index in [4.69, 9.17) is 5.84 Å². The van der Waals surface area contributed by atoms with Crippen molar-refractivity contribution in [2.24, 2.45) is 27.1 Å². The quantitative estimate of drug-likeness (QED) is 0.197. The number of fused-ring (bicyclic) bond motifs is 10. The number of carbonyl (C=O) groups excluding carboxylic acids is 3. The van der Waals surface area contributed by atoms with Crippen molar-refractivity contribution < 1.29 is 14.4 Å². The minimum absolute atomic E-state index is 0.0918. The summed E-state index contributed by atoms with van der Waals surface area (Å²) in [5.74, 6) is 3.31. The second-order valence-electron chi connectivity index (χ2n) is 9.34. The Balaban J connectivity index is 1.55. The first-order valence-corrected chi connectivity index (χ1v) is 12.6. The molecule has 0 saturated carbocycles. The van der Waals surface area contributed by atoms with E-state index in [1.165, 1.54) is 9.80 Å². The first-order chi connectivity index (χ1) is 18.5. The van der Waals surface area contributed by atoms with Gasteiger partial charge >= 0.3 is 0 Å². The largest absolute Gasteiger partial charge is 0.326 e. The lowest BCUT2D eigenvalue weighted by Crippen LogP contribution is -2.46. The molecule has 1 saturated heterocycles. The number of nitriles is 1. The average molecular weight is 515 g/mol. The normalized spacial score (nSPS) is 21.3. The second kappa shape index (κ2) is 12.6. The highest BCUT2D eigenvalue weighted by molar-refractivity contribution is 6.38. The van der Waals surface area contributed by atoms with Gasteiger partial charge in [0.05, 0.1) is 17.7 Å². The van der Waals surface area contributed by atoms with Crippen molar-refractivity contribution >= 4 is 34.9 Å². The van der Waals surface area contributed by atoms with E-state index >= 15 is 0 Å². The number of aryl methyl sites for hydroxylation is 1. The Morgan fingerprint density at radius 3 is 2.53 bits per heavy atom. The summed E-state index contributed by atoms with van der Waals surface area (Å²) in [6, 6.07) is 17.9. The van der Waals surface area contributed by atoms with Gasteiger partial charge < -0.3 is 21.0 Å². The zero-order valence-corrected chi connectivity index (χ0v) is 21.0. The number of nitrogens with two attached hydrogens (primary N) is 1. The lowest BCUT2D eigenvalue weighted by Gasteiger charge is -2.26. The molecule has 4 bridgehead atoms. The van der Waals surface area contributed by atoms with Crippen LogP contribution in [0, 0.1) is 17.2 Å². The monoisotopic (exact) mass is 514 g/mol. The molecule has 2 atom stereocenters. The topological polar surface area (TPSA) is 157 Å². The van der Waals surface area contributed by atoms with E-state index in [0.29, 0.717) is 17.8 Å². The maximum absolute atomic E-state index is 13.3. The predicted molar refractivity (Wildman–Crippen MR) is 141 cm³/mol. The molecule has 3 heterocycles. The average Bonchev–Trinajstić information content (AvgIpc) is 3.38. The first kappa shape index (κ1) is 26.5. The molecule has 3 aliphatic rings. The number of azo groups is 1. The number of hydrogen-bond acceptors (Lipinski definition) is 7. The van der Waals surface area contributed by atoms with Crippen LogP contribution in [0.1, 0.15) is 31.2 Å². The number of hydrazone groups is 1. The molecule has 11 nitrogen and oxygen atoms in total. The summed E-state index contributed by atoms with van der Waals surface area (Å²) >= 11 is 0. The van der Waals surface area contributed by atoms with E-state index in [0.717, 1.165) is 24.8 Å². The fourth-order valence-corrected chi connectivity index (χ4v) is 4.60. The summed E-state index contributed by atoms with van der Waals surface area (Å²) in [6.45, 7) is 0.0794. The Kier molecular flexibility index (Phi) is 8.77. The van der Waals surface area contributed by atoms with Gasteiger partial charge in [-0.15, -0.1) is 10.2 Å². The molecule has 0 aromatic heterocycles. The molecule has 2 aromatic carbocycles. The SMILES string of the molecule is N#CC1CC2CN1C(=O)CN(C(=O)/C(N=Nc1ccccc1)=N/N)CCCCCc1ccc(cc1)NC2=O. The number of rotatable bonds is 1. The van der Waals surface area contributed by atoms with Gasteiger partial charge in [-0.3, -0.25) is 14.4 Å². The van der Waals surface area contributed by atoms with Crippen LogP contribution in [0.5, 0.6) is 0 Å². The van der Waals surface area contributed by atoms with Gasteiger partial charge in [-0.2, -0.15) is 10.4 Å². The zero-order valence-electron chi connectivity index (χ0n) is 21.0. The van der Waals surface area contributed by atoms with Gasteiger partial charge in [-0.1, -0.05) is 36.8 Å². The zero-order chi connectivity index (χ0) is 26.9. The molecule has 2 aromatic rings. The number of nitrogens with zero attached hydrogens (tertiary/aromatic N) is 6. The molecule has 38 heavy (non-hydrogen) atoms. The third-order valence-corrected chi connectivity index (χ3v) is 6.70. The summed E-state index contributed by atoms with van der Waals surface area (Å²) in [6.07, 6.45) is 3.43. The second-order valence-corrected chi connectivity index (χ2v) is 9.34. The lowest BCUT2D eigenvalue weighted by molar-refractivity contribution is -0.137. The molecule has 3 N–H and O–H groups in total. The van der Waals surface area contributed by atoms with Crippen molar-refractivity contribution in [3.05, 3.63) is 60.2 Å². The fraction of sp³-hybridized carbons (Fsp3) is 0.370. The number of anilines is 1. The number of amidine groups is 1. The Hall–Kier alpha value is -4.59. The Bertz CT molecular complexity index is 1250. The Morgan fingerprint density at radius 1 is 1.05 bits per heavy atom. The smallest absolute Gasteiger partial charge is 0.295 e. The molecule has 0 spiro atoms. The van der Waals surface area contributed by atoms with Crippen LogP contribution in [0.4, 0.5) is 11.4 Å². The van der Waals surface area contributed by atoms with E-state index in [-0.39, 0.29) is 37.8 Å². The molecular formula is C27H30N8O3.